The molecule has 1 amide bonds. The van der Waals surface area contributed by atoms with Crippen molar-refractivity contribution in [1.82, 2.24) is 14.9 Å². The van der Waals surface area contributed by atoms with Gasteiger partial charge in [0.15, 0.2) is 0 Å². The van der Waals surface area contributed by atoms with Gasteiger partial charge in [-0.1, -0.05) is 17.3 Å². The maximum absolute atomic E-state index is 11.5. The topological polar surface area (TPSA) is 80.9 Å². The van der Waals surface area contributed by atoms with Crippen LogP contribution in [0.5, 0.6) is 0 Å². The number of carbonyl (C=O) groups excluding carboxylic acids is 1. The molecule has 0 radical (unpaired) electrons. The molecule has 0 spiro atoms. The van der Waals surface area contributed by atoms with Crippen LogP contribution >= 0.6 is 11.5 Å². The summed E-state index contributed by atoms with van der Waals surface area (Å²) in [5.74, 6) is -0.172. The van der Waals surface area contributed by atoms with Crippen molar-refractivity contribution in [2.45, 2.75) is 32.2 Å². The van der Waals surface area contributed by atoms with E-state index in [0.29, 0.717) is 13.1 Å². The van der Waals surface area contributed by atoms with Gasteiger partial charge in [-0.2, -0.15) is 0 Å². The molecule has 0 atom stereocenters. The summed E-state index contributed by atoms with van der Waals surface area (Å²) in [6, 6.07) is 0. The summed E-state index contributed by atoms with van der Waals surface area (Å²) >= 11 is 1.33. The van der Waals surface area contributed by atoms with E-state index in [0.717, 1.165) is 31.4 Å². The SMILES string of the molecule is NC(=O)C1(CNCc2csnn2)CCCC1. The Morgan fingerprint density at radius 2 is 2.31 bits per heavy atom. The molecular weight excluding hydrogens is 224 g/mol. The first kappa shape index (κ1) is 11.5. The fourth-order valence-corrected chi connectivity index (χ4v) is 2.70. The molecule has 1 heterocycles. The number of amides is 1. The van der Waals surface area contributed by atoms with Gasteiger partial charge in [-0.25, -0.2) is 0 Å². The smallest absolute Gasteiger partial charge is 0.224 e. The molecule has 0 unspecified atom stereocenters. The van der Waals surface area contributed by atoms with Crippen molar-refractivity contribution >= 4 is 17.4 Å². The molecule has 1 aliphatic carbocycles. The molecule has 1 aromatic rings. The Morgan fingerprint density at radius 1 is 1.56 bits per heavy atom. The Kier molecular flexibility index (Phi) is 3.50. The molecule has 5 nitrogen and oxygen atoms in total. The van der Waals surface area contributed by atoms with Crippen LogP contribution in [0.4, 0.5) is 0 Å². The molecule has 1 aliphatic rings. The van der Waals surface area contributed by atoms with Crippen molar-refractivity contribution in [1.29, 1.82) is 0 Å². The zero-order valence-electron chi connectivity index (χ0n) is 9.11. The van der Waals surface area contributed by atoms with E-state index in [2.05, 4.69) is 14.9 Å². The maximum atomic E-state index is 11.5. The number of nitrogens with one attached hydrogen (secondary N) is 1. The van der Waals surface area contributed by atoms with Gasteiger partial charge in [0, 0.05) is 18.5 Å². The number of nitrogens with two attached hydrogens (primary N) is 1. The van der Waals surface area contributed by atoms with E-state index in [1.54, 1.807) is 0 Å². The average Bonchev–Trinajstić information content (AvgIpc) is 2.88. The van der Waals surface area contributed by atoms with E-state index >= 15 is 0 Å². The highest BCUT2D eigenvalue weighted by Crippen LogP contribution is 2.37. The molecule has 2 rings (SSSR count). The van der Waals surface area contributed by atoms with Crippen LogP contribution in [-0.2, 0) is 11.3 Å². The van der Waals surface area contributed by atoms with Gasteiger partial charge in [0.05, 0.1) is 11.1 Å². The number of hydrogen-bond donors (Lipinski definition) is 2. The lowest BCUT2D eigenvalue weighted by Crippen LogP contribution is -2.42. The fraction of sp³-hybridized carbons (Fsp3) is 0.700. The van der Waals surface area contributed by atoms with Crippen molar-refractivity contribution in [2.24, 2.45) is 11.1 Å². The van der Waals surface area contributed by atoms with Gasteiger partial charge < -0.3 is 11.1 Å². The lowest BCUT2D eigenvalue weighted by atomic mass is 9.85. The predicted octanol–water partition coefficient (Wildman–Crippen LogP) is 0.673. The van der Waals surface area contributed by atoms with Crippen LogP contribution in [0.2, 0.25) is 0 Å². The Hall–Kier alpha value is -1.01. The molecule has 0 aromatic carbocycles. The van der Waals surface area contributed by atoms with Gasteiger partial charge in [-0.3, -0.25) is 4.79 Å². The Balaban J connectivity index is 1.85. The summed E-state index contributed by atoms with van der Waals surface area (Å²) in [5, 5.41) is 9.09. The summed E-state index contributed by atoms with van der Waals surface area (Å²) in [6.07, 6.45) is 4.01. The molecule has 1 fully saturated rings. The average molecular weight is 240 g/mol. The lowest BCUT2D eigenvalue weighted by molar-refractivity contribution is -0.127. The Morgan fingerprint density at radius 3 is 2.88 bits per heavy atom. The van der Waals surface area contributed by atoms with Crippen molar-refractivity contribution in [3.8, 4) is 0 Å². The van der Waals surface area contributed by atoms with Crippen LogP contribution in [0.1, 0.15) is 31.4 Å². The van der Waals surface area contributed by atoms with Gasteiger partial charge in [0.1, 0.15) is 0 Å². The maximum Gasteiger partial charge on any atom is 0.224 e. The molecule has 0 bridgehead atoms. The molecule has 0 aliphatic heterocycles. The Labute approximate surface area is 98.6 Å². The lowest BCUT2D eigenvalue weighted by Gasteiger charge is -2.25. The minimum absolute atomic E-state index is 0.172. The van der Waals surface area contributed by atoms with E-state index in [1.807, 2.05) is 5.38 Å². The quantitative estimate of drug-likeness (QED) is 0.792. The molecule has 0 saturated heterocycles. The molecule has 3 N–H and O–H groups in total. The summed E-state index contributed by atoms with van der Waals surface area (Å²) in [6.45, 7) is 1.31. The normalized spacial score (nSPS) is 18.8. The summed E-state index contributed by atoms with van der Waals surface area (Å²) < 4.78 is 3.79. The van der Waals surface area contributed by atoms with Gasteiger partial charge in [0.2, 0.25) is 5.91 Å². The number of aromatic nitrogens is 2. The van der Waals surface area contributed by atoms with Gasteiger partial charge in [-0.05, 0) is 24.4 Å². The second-order valence-corrected chi connectivity index (χ2v) is 4.96. The van der Waals surface area contributed by atoms with E-state index in [9.17, 15) is 4.79 Å². The molecule has 88 valence electrons. The molecular formula is C10H16N4OS. The van der Waals surface area contributed by atoms with Crippen LogP contribution in [-0.4, -0.2) is 22.0 Å². The summed E-state index contributed by atoms with van der Waals surface area (Å²) in [4.78, 5) is 11.5. The number of primary amides is 1. The van der Waals surface area contributed by atoms with Crippen LogP contribution in [0, 0.1) is 5.41 Å². The van der Waals surface area contributed by atoms with E-state index in [4.69, 9.17) is 5.73 Å². The molecule has 1 aromatic heterocycles. The first-order valence-electron chi connectivity index (χ1n) is 5.49. The monoisotopic (exact) mass is 240 g/mol. The largest absolute Gasteiger partial charge is 0.369 e. The fourth-order valence-electron chi connectivity index (χ4n) is 2.25. The third-order valence-corrected chi connectivity index (χ3v) is 3.81. The first-order chi connectivity index (χ1) is 7.73. The molecule has 1 saturated carbocycles. The van der Waals surface area contributed by atoms with Crippen molar-refractivity contribution in [2.75, 3.05) is 6.54 Å². The predicted molar refractivity (Wildman–Crippen MR) is 61.7 cm³/mol. The highest BCUT2D eigenvalue weighted by Gasteiger charge is 2.38. The summed E-state index contributed by atoms with van der Waals surface area (Å²) in [5.41, 5.74) is 6.08. The van der Waals surface area contributed by atoms with Gasteiger partial charge >= 0.3 is 0 Å². The van der Waals surface area contributed by atoms with Crippen LogP contribution < -0.4 is 11.1 Å². The molecule has 16 heavy (non-hydrogen) atoms. The second kappa shape index (κ2) is 4.88. The number of hydrogen-bond acceptors (Lipinski definition) is 5. The minimum atomic E-state index is -0.330. The first-order valence-corrected chi connectivity index (χ1v) is 6.33. The number of rotatable bonds is 5. The van der Waals surface area contributed by atoms with Crippen LogP contribution in [0.25, 0.3) is 0 Å². The number of carbonyl (C=O) groups is 1. The van der Waals surface area contributed by atoms with Gasteiger partial charge in [-0.15, -0.1) is 5.10 Å². The third-order valence-electron chi connectivity index (χ3n) is 3.26. The highest BCUT2D eigenvalue weighted by molar-refractivity contribution is 7.03. The van der Waals surface area contributed by atoms with Crippen molar-refractivity contribution < 1.29 is 4.79 Å². The van der Waals surface area contributed by atoms with Crippen molar-refractivity contribution in [3.63, 3.8) is 0 Å². The zero-order chi connectivity index (χ0) is 11.4. The third kappa shape index (κ3) is 2.38. The van der Waals surface area contributed by atoms with E-state index in [-0.39, 0.29) is 11.3 Å². The minimum Gasteiger partial charge on any atom is -0.369 e. The number of nitrogens with zero attached hydrogens (tertiary/aromatic N) is 2. The van der Waals surface area contributed by atoms with Crippen molar-refractivity contribution in [3.05, 3.63) is 11.1 Å². The van der Waals surface area contributed by atoms with Crippen LogP contribution in [0.15, 0.2) is 5.38 Å². The van der Waals surface area contributed by atoms with E-state index < -0.39 is 0 Å². The standard InChI is InChI=1S/C10H16N4OS/c11-9(15)10(3-1-2-4-10)7-12-5-8-6-16-14-13-8/h6,12H,1-5,7H2,(H2,11,15). The highest BCUT2D eigenvalue weighted by atomic mass is 32.1. The molecule has 6 heteroatoms. The zero-order valence-corrected chi connectivity index (χ0v) is 9.92. The van der Waals surface area contributed by atoms with E-state index in [1.165, 1.54) is 11.5 Å². The van der Waals surface area contributed by atoms with Crippen LogP contribution in [0.3, 0.4) is 0 Å². The second-order valence-electron chi connectivity index (χ2n) is 4.35. The summed E-state index contributed by atoms with van der Waals surface area (Å²) in [7, 11) is 0. The van der Waals surface area contributed by atoms with Gasteiger partial charge in [0.25, 0.3) is 0 Å². The Bertz CT molecular complexity index is 346.